The number of amides is 1. The second-order valence-electron chi connectivity index (χ2n) is 4.64. The van der Waals surface area contributed by atoms with E-state index in [-0.39, 0.29) is 12.0 Å². The molecular formula is C17H19NO3S. The highest BCUT2D eigenvalue weighted by atomic mass is 32.1. The molecule has 0 bridgehead atoms. The summed E-state index contributed by atoms with van der Waals surface area (Å²) >= 11 is 1.60. The van der Waals surface area contributed by atoms with Crippen molar-refractivity contribution in [2.75, 3.05) is 20.8 Å². The lowest BCUT2D eigenvalue weighted by molar-refractivity contribution is -0.117. The molecule has 2 aromatic rings. The molecule has 1 atom stereocenters. The fourth-order valence-electron chi connectivity index (χ4n) is 1.97. The molecule has 1 N–H and O–H groups in total. The highest BCUT2D eigenvalue weighted by Gasteiger charge is 2.12. The van der Waals surface area contributed by atoms with Gasteiger partial charge in [-0.15, -0.1) is 0 Å². The Balaban J connectivity index is 1.91. The van der Waals surface area contributed by atoms with Crippen molar-refractivity contribution in [1.29, 1.82) is 0 Å². The fraction of sp³-hybridized carbons (Fsp3) is 0.235. The van der Waals surface area contributed by atoms with Crippen molar-refractivity contribution in [1.82, 2.24) is 5.32 Å². The third kappa shape index (κ3) is 4.72. The number of thiophene rings is 1. The van der Waals surface area contributed by atoms with Crippen molar-refractivity contribution in [3.8, 4) is 5.75 Å². The van der Waals surface area contributed by atoms with Gasteiger partial charge in [0, 0.05) is 19.7 Å². The maximum atomic E-state index is 11.8. The lowest BCUT2D eigenvalue weighted by Crippen LogP contribution is -2.27. The third-order valence-corrected chi connectivity index (χ3v) is 3.88. The molecule has 116 valence electrons. The van der Waals surface area contributed by atoms with Crippen molar-refractivity contribution < 1.29 is 14.3 Å². The molecule has 0 saturated heterocycles. The number of rotatable bonds is 7. The van der Waals surface area contributed by atoms with Crippen molar-refractivity contribution in [2.45, 2.75) is 6.10 Å². The van der Waals surface area contributed by atoms with E-state index >= 15 is 0 Å². The van der Waals surface area contributed by atoms with Gasteiger partial charge in [-0.3, -0.25) is 4.79 Å². The molecular weight excluding hydrogens is 298 g/mol. The lowest BCUT2D eigenvalue weighted by Gasteiger charge is -2.16. The molecule has 1 aromatic heterocycles. The van der Waals surface area contributed by atoms with Gasteiger partial charge < -0.3 is 14.8 Å². The Hall–Kier alpha value is -2.11. The van der Waals surface area contributed by atoms with E-state index in [9.17, 15) is 4.79 Å². The van der Waals surface area contributed by atoms with Gasteiger partial charge in [-0.25, -0.2) is 0 Å². The summed E-state index contributed by atoms with van der Waals surface area (Å²) in [4.78, 5) is 11.8. The Bertz CT molecular complexity index is 623. The summed E-state index contributed by atoms with van der Waals surface area (Å²) in [5.41, 5.74) is 1.99. The number of benzene rings is 1. The zero-order valence-corrected chi connectivity index (χ0v) is 13.4. The van der Waals surface area contributed by atoms with Crippen LogP contribution in [-0.4, -0.2) is 26.7 Å². The molecule has 1 amide bonds. The summed E-state index contributed by atoms with van der Waals surface area (Å²) in [5.74, 6) is 0.624. The molecule has 0 fully saturated rings. The van der Waals surface area contributed by atoms with E-state index < -0.39 is 0 Å². The second kappa shape index (κ2) is 8.36. The molecule has 0 spiro atoms. The minimum Gasteiger partial charge on any atom is -0.497 e. The largest absolute Gasteiger partial charge is 0.497 e. The first-order valence-electron chi connectivity index (χ1n) is 6.88. The first-order valence-corrected chi connectivity index (χ1v) is 7.82. The third-order valence-electron chi connectivity index (χ3n) is 3.18. The lowest BCUT2D eigenvalue weighted by atomic mass is 10.1. The molecule has 0 aliphatic rings. The van der Waals surface area contributed by atoms with Crippen LogP contribution in [0.25, 0.3) is 6.08 Å². The van der Waals surface area contributed by atoms with Gasteiger partial charge in [0.1, 0.15) is 5.75 Å². The van der Waals surface area contributed by atoms with E-state index in [2.05, 4.69) is 5.32 Å². The predicted octanol–water partition coefficient (Wildman–Crippen LogP) is 3.27. The van der Waals surface area contributed by atoms with Crippen LogP contribution in [0.15, 0.2) is 47.2 Å². The number of methoxy groups -OCH3 is 2. The van der Waals surface area contributed by atoms with Crippen LogP contribution in [0.3, 0.4) is 0 Å². The first kappa shape index (κ1) is 16.3. The SMILES string of the molecule is COc1cccc(C(CNC(=O)/C=C/c2ccsc2)OC)c1. The van der Waals surface area contributed by atoms with Crippen molar-refractivity contribution >= 4 is 23.3 Å². The van der Waals surface area contributed by atoms with Crippen LogP contribution in [-0.2, 0) is 9.53 Å². The van der Waals surface area contributed by atoms with E-state index in [0.717, 1.165) is 16.9 Å². The number of ether oxygens (including phenoxy) is 2. The van der Waals surface area contributed by atoms with Crippen molar-refractivity contribution in [3.05, 3.63) is 58.3 Å². The van der Waals surface area contributed by atoms with E-state index in [1.54, 1.807) is 31.6 Å². The minimum absolute atomic E-state index is 0.142. The normalized spacial score (nSPS) is 12.3. The summed E-state index contributed by atoms with van der Waals surface area (Å²) in [7, 11) is 3.25. The average Bonchev–Trinajstić information content (AvgIpc) is 3.07. The summed E-state index contributed by atoms with van der Waals surface area (Å²) in [5, 5.41) is 6.80. The number of carbonyl (C=O) groups excluding carboxylic acids is 1. The maximum absolute atomic E-state index is 11.8. The summed E-state index contributed by atoms with van der Waals surface area (Å²) in [6, 6.07) is 9.59. The number of hydrogen-bond acceptors (Lipinski definition) is 4. The van der Waals surface area contributed by atoms with Crippen molar-refractivity contribution in [3.63, 3.8) is 0 Å². The van der Waals surface area contributed by atoms with Gasteiger partial charge in [-0.1, -0.05) is 12.1 Å². The van der Waals surface area contributed by atoms with Gasteiger partial charge in [0.15, 0.2) is 0 Å². The van der Waals surface area contributed by atoms with Gasteiger partial charge in [-0.05, 0) is 46.2 Å². The van der Waals surface area contributed by atoms with E-state index in [4.69, 9.17) is 9.47 Å². The smallest absolute Gasteiger partial charge is 0.244 e. The van der Waals surface area contributed by atoms with Crippen LogP contribution in [0.1, 0.15) is 17.2 Å². The van der Waals surface area contributed by atoms with Crippen LogP contribution in [0.2, 0.25) is 0 Å². The van der Waals surface area contributed by atoms with Crippen LogP contribution in [0, 0.1) is 0 Å². The molecule has 0 aliphatic carbocycles. The zero-order chi connectivity index (χ0) is 15.8. The Kier molecular flexibility index (Phi) is 6.18. The fourth-order valence-corrected chi connectivity index (χ4v) is 2.60. The van der Waals surface area contributed by atoms with Crippen LogP contribution < -0.4 is 10.1 Å². The quantitative estimate of drug-likeness (QED) is 0.797. The second-order valence-corrected chi connectivity index (χ2v) is 5.42. The molecule has 22 heavy (non-hydrogen) atoms. The van der Waals surface area contributed by atoms with E-state index in [1.165, 1.54) is 6.08 Å². The van der Waals surface area contributed by atoms with Crippen LogP contribution in [0.4, 0.5) is 0 Å². The van der Waals surface area contributed by atoms with E-state index in [0.29, 0.717) is 6.54 Å². The highest BCUT2D eigenvalue weighted by molar-refractivity contribution is 7.08. The van der Waals surface area contributed by atoms with Gasteiger partial charge in [0.2, 0.25) is 5.91 Å². The molecule has 1 heterocycles. The topological polar surface area (TPSA) is 47.6 Å². The van der Waals surface area contributed by atoms with Crippen molar-refractivity contribution in [2.24, 2.45) is 0 Å². The van der Waals surface area contributed by atoms with Crippen LogP contribution >= 0.6 is 11.3 Å². The standard InChI is InChI=1S/C17H19NO3S/c1-20-15-5-3-4-14(10-15)16(21-2)11-18-17(19)7-6-13-8-9-22-12-13/h3-10,12,16H,11H2,1-2H3,(H,18,19)/b7-6+. The summed E-state index contributed by atoms with van der Waals surface area (Å²) < 4.78 is 10.6. The Labute approximate surface area is 134 Å². The predicted molar refractivity (Wildman–Crippen MR) is 89.1 cm³/mol. The van der Waals surface area contributed by atoms with Gasteiger partial charge in [-0.2, -0.15) is 11.3 Å². The maximum Gasteiger partial charge on any atom is 0.244 e. The highest BCUT2D eigenvalue weighted by Crippen LogP contribution is 2.20. The molecule has 5 heteroatoms. The molecule has 0 saturated carbocycles. The minimum atomic E-state index is -0.214. The van der Waals surface area contributed by atoms with Gasteiger partial charge in [0.25, 0.3) is 0 Å². The Morgan fingerprint density at radius 3 is 2.91 bits per heavy atom. The Morgan fingerprint density at radius 2 is 2.23 bits per heavy atom. The molecule has 1 aromatic carbocycles. The molecule has 2 rings (SSSR count). The molecule has 0 radical (unpaired) electrons. The monoisotopic (exact) mass is 317 g/mol. The molecule has 1 unspecified atom stereocenters. The first-order chi connectivity index (χ1) is 10.7. The zero-order valence-electron chi connectivity index (χ0n) is 12.6. The summed E-state index contributed by atoms with van der Waals surface area (Å²) in [6.45, 7) is 0.399. The average molecular weight is 317 g/mol. The van der Waals surface area contributed by atoms with E-state index in [1.807, 2.05) is 41.1 Å². The van der Waals surface area contributed by atoms with Crippen LogP contribution in [0.5, 0.6) is 5.75 Å². The summed E-state index contributed by atoms with van der Waals surface area (Å²) in [6.07, 6.45) is 3.10. The number of carbonyl (C=O) groups is 1. The molecule has 0 aliphatic heterocycles. The van der Waals surface area contributed by atoms with Gasteiger partial charge in [0.05, 0.1) is 13.2 Å². The van der Waals surface area contributed by atoms with Gasteiger partial charge >= 0.3 is 0 Å². The number of nitrogens with one attached hydrogen (secondary N) is 1. The molecule has 4 nitrogen and oxygen atoms in total. The Morgan fingerprint density at radius 1 is 1.36 bits per heavy atom. The number of hydrogen-bond donors (Lipinski definition) is 1.